The molecule has 0 bridgehead atoms. The second kappa shape index (κ2) is 11.6. The Kier molecular flexibility index (Phi) is 7.98. The molecule has 7 nitrogen and oxygen atoms in total. The molecule has 0 unspecified atom stereocenters. The van der Waals surface area contributed by atoms with Crippen molar-refractivity contribution in [3.8, 4) is 28.3 Å². The number of esters is 1. The molecule has 1 fully saturated rings. The first-order chi connectivity index (χ1) is 18.8. The highest BCUT2D eigenvalue weighted by molar-refractivity contribution is 6.03. The normalized spacial score (nSPS) is 17.7. The number of rotatable bonds is 8. The number of fused-ring (bicyclic) bond motifs is 1. The van der Waals surface area contributed by atoms with E-state index in [2.05, 4.69) is 41.2 Å². The van der Waals surface area contributed by atoms with Crippen LogP contribution in [0.4, 0.5) is 0 Å². The minimum absolute atomic E-state index is 0.0630. The van der Waals surface area contributed by atoms with E-state index < -0.39 is 5.60 Å². The maximum atomic E-state index is 12.1. The molecule has 2 heterocycles. The van der Waals surface area contributed by atoms with Crippen LogP contribution in [-0.4, -0.2) is 40.4 Å². The summed E-state index contributed by atoms with van der Waals surface area (Å²) in [6, 6.07) is 18.6. The Morgan fingerprint density at radius 3 is 2.44 bits per heavy atom. The van der Waals surface area contributed by atoms with Crippen LogP contribution in [0.25, 0.3) is 33.6 Å². The van der Waals surface area contributed by atoms with Crippen molar-refractivity contribution < 1.29 is 23.4 Å². The van der Waals surface area contributed by atoms with Crippen molar-refractivity contribution >= 4 is 17.1 Å². The summed E-state index contributed by atoms with van der Waals surface area (Å²) in [5, 5.41) is 0.761. The Balaban J connectivity index is 1.43. The summed E-state index contributed by atoms with van der Waals surface area (Å²) >= 11 is 0. The number of aryl methyl sites for hydroxylation is 1. The number of carbonyl (C=O) groups is 1. The van der Waals surface area contributed by atoms with Crippen LogP contribution in [-0.2, 0) is 20.7 Å². The van der Waals surface area contributed by atoms with E-state index >= 15 is 0 Å². The van der Waals surface area contributed by atoms with Crippen LogP contribution in [0.1, 0.15) is 58.9 Å². The van der Waals surface area contributed by atoms with Gasteiger partial charge in [0.05, 0.1) is 6.10 Å². The van der Waals surface area contributed by atoms with Crippen LogP contribution in [0.15, 0.2) is 65.3 Å². The van der Waals surface area contributed by atoms with E-state index in [1.165, 1.54) is 11.9 Å². The molecule has 4 aromatic rings. The molecule has 5 rings (SSSR count). The monoisotopic (exact) mass is 528 g/mol. The predicted octanol–water partition coefficient (Wildman–Crippen LogP) is 7.17. The zero-order valence-corrected chi connectivity index (χ0v) is 23.1. The quantitative estimate of drug-likeness (QED) is 0.224. The highest BCUT2D eigenvalue weighted by atomic mass is 16.6. The van der Waals surface area contributed by atoms with E-state index in [1.54, 1.807) is 0 Å². The summed E-state index contributed by atoms with van der Waals surface area (Å²) < 4.78 is 24.2. The summed E-state index contributed by atoms with van der Waals surface area (Å²) in [6.45, 7) is 7.63. The molecule has 0 saturated heterocycles. The van der Waals surface area contributed by atoms with Crippen LogP contribution in [0.2, 0.25) is 0 Å². The van der Waals surface area contributed by atoms with Crippen LogP contribution in [0, 0.1) is 0 Å². The maximum absolute atomic E-state index is 12.1. The molecule has 1 aliphatic rings. The lowest BCUT2D eigenvalue weighted by Crippen LogP contribution is -2.33. The highest BCUT2D eigenvalue weighted by Crippen LogP contribution is 2.44. The fraction of sp³-hybridized carbons (Fsp3) is 0.406. The van der Waals surface area contributed by atoms with Crippen molar-refractivity contribution in [2.45, 2.75) is 77.6 Å². The fourth-order valence-corrected chi connectivity index (χ4v) is 5.05. The Morgan fingerprint density at radius 2 is 1.72 bits per heavy atom. The SMILES string of the molecule is CCc1ccc(-c2c(-c3ccccc3)oc3ncnc(O[C@H]4CCC[C@@H](OCC(=O)OC(C)(C)C)C4)c23)cc1. The van der Waals surface area contributed by atoms with Crippen LogP contribution in [0.3, 0.4) is 0 Å². The number of benzene rings is 2. The van der Waals surface area contributed by atoms with Gasteiger partial charge < -0.3 is 18.6 Å². The van der Waals surface area contributed by atoms with Gasteiger partial charge in [-0.15, -0.1) is 0 Å². The summed E-state index contributed by atoms with van der Waals surface area (Å²) in [4.78, 5) is 21.2. The number of ether oxygens (including phenoxy) is 3. The lowest BCUT2D eigenvalue weighted by atomic mass is 9.94. The number of carbonyl (C=O) groups excluding carboxylic acids is 1. The molecular weight excluding hydrogens is 492 g/mol. The Bertz CT molecular complexity index is 1410. The summed E-state index contributed by atoms with van der Waals surface area (Å²) in [5.41, 5.74) is 4.12. The number of aromatic nitrogens is 2. The van der Waals surface area contributed by atoms with Gasteiger partial charge in [-0.1, -0.05) is 61.5 Å². The minimum atomic E-state index is -0.533. The second-order valence-electron chi connectivity index (χ2n) is 11.0. The van der Waals surface area contributed by atoms with Gasteiger partial charge in [-0.3, -0.25) is 0 Å². The van der Waals surface area contributed by atoms with Gasteiger partial charge in [0.2, 0.25) is 11.6 Å². The molecule has 0 amide bonds. The van der Waals surface area contributed by atoms with Crippen LogP contribution < -0.4 is 4.74 Å². The average Bonchev–Trinajstić information content (AvgIpc) is 3.32. The first kappa shape index (κ1) is 26.9. The van der Waals surface area contributed by atoms with E-state index in [0.29, 0.717) is 18.0 Å². The third-order valence-electron chi connectivity index (χ3n) is 6.85. The molecule has 2 atom stereocenters. The summed E-state index contributed by atoms with van der Waals surface area (Å²) in [6.07, 6.45) is 5.61. The number of hydrogen-bond donors (Lipinski definition) is 0. The third kappa shape index (κ3) is 6.48. The smallest absolute Gasteiger partial charge is 0.332 e. The van der Waals surface area contributed by atoms with Crippen molar-refractivity contribution in [1.82, 2.24) is 9.97 Å². The molecule has 39 heavy (non-hydrogen) atoms. The van der Waals surface area contributed by atoms with E-state index in [1.807, 2.05) is 51.1 Å². The minimum Gasteiger partial charge on any atom is -0.474 e. The standard InChI is InChI=1S/C32H36N2O5/c1-5-21-14-16-22(17-15-21)27-28-30(33-20-34-31(28)38-29(27)23-10-7-6-8-11-23)37-25-13-9-12-24(18-25)36-19-26(35)39-32(2,3)4/h6-8,10-11,14-17,20,24-25H,5,9,12-13,18-19H2,1-4H3/t24-,25+/m1/s1. The summed E-state index contributed by atoms with van der Waals surface area (Å²) in [7, 11) is 0. The molecule has 1 saturated carbocycles. The van der Waals surface area contributed by atoms with Gasteiger partial charge in [-0.25, -0.2) is 14.8 Å². The second-order valence-corrected chi connectivity index (χ2v) is 11.0. The molecule has 0 radical (unpaired) electrons. The van der Waals surface area contributed by atoms with Gasteiger partial charge >= 0.3 is 5.97 Å². The van der Waals surface area contributed by atoms with Gasteiger partial charge in [0.1, 0.15) is 35.8 Å². The van der Waals surface area contributed by atoms with E-state index in [0.717, 1.165) is 53.5 Å². The molecule has 0 aliphatic heterocycles. The zero-order chi connectivity index (χ0) is 27.4. The van der Waals surface area contributed by atoms with Gasteiger partial charge in [0.25, 0.3) is 0 Å². The van der Waals surface area contributed by atoms with E-state index in [-0.39, 0.29) is 24.8 Å². The van der Waals surface area contributed by atoms with Crippen molar-refractivity contribution in [1.29, 1.82) is 0 Å². The van der Waals surface area contributed by atoms with Crippen LogP contribution >= 0.6 is 0 Å². The number of furan rings is 1. The molecule has 2 aromatic heterocycles. The zero-order valence-electron chi connectivity index (χ0n) is 23.1. The lowest BCUT2D eigenvalue weighted by Gasteiger charge is -2.29. The van der Waals surface area contributed by atoms with E-state index in [9.17, 15) is 4.79 Å². The molecule has 0 N–H and O–H groups in total. The van der Waals surface area contributed by atoms with Gasteiger partial charge in [-0.2, -0.15) is 0 Å². The first-order valence-electron chi connectivity index (χ1n) is 13.7. The molecular formula is C32H36N2O5. The third-order valence-corrected chi connectivity index (χ3v) is 6.85. The topological polar surface area (TPSA) is 83.7 Å². The van der Waals surface area contributed by atoms with Crippen LogP contribution in [0.5, 0.6) is 5.88 Å². The Labute approximate surface area is 229 Å². The van der Waals surface area contributed by atoms with Crippen molar-refractivity contribution in [2.75, 3.05) is 6.61 Å². The van der Waals surface area contributed by atoms with Gasteiger partial charge in [0.15, 0.2) is 0 Å². The molecule has 204 valence electrons. The van der Waals surface area contributed by atoms with Crippen molar-refractivity contribution in [3.63, 3.8) is 0 Å². The first-order valence-corrected chi connectivity index (χ1v) is 13.7. The van der Waals surface area contributed by atoms with Gasteiger partial charge in [-0.05, 0) is 57.6 Å². The average molecular weight is 529 g/mol. The highest BCUT2D eigenvalue weighted by Gasteiger charge is 2.29. The van der Waals surface area contributed by atoms with Gasteiger partial charge in [0, 0.05) is 17.5 Å². The Hall–Kier alpha value is -3.71. The molecule has 0 spiro atoms. The Morgan fingerprint density at radius 1 is 0.974 bits per heavy atom. The number of hydrogen-bond acceptors (Lipinski definition) is 7. The molecule has 1 aliphatic carbocycles. The molecule has 2 aromatic carbocycles. The largest absolute Gasteiger partial charge is 0.474 e. The lowest BCUT2D eigenvalue weighted by molar-refractivity contribution is -0.163. The molecule has 7 heteroatoms. The number of nitrogens with zero attached hydrogens (tertiary/aromatic N) is 2. The van der Waals surface area contributed by atoms with Crippen molar-refractivity contribution in [2.24, 2.45) is 0 Å². The maximum Gasteiger partial charge on any atom is 0.332 e. The van der Waals surface area contributed by atoms with Crippen molar-refractivity contribution in [3.05, 3.63) is 66.5 Å². The summed E-state index contributed by atoms with van der Waals surface area (Å²) in [5.74, 6) is 0.884. The van der Waals surface area contributed by atoms with E-state index in [4.69, 9.17) is 18.6 Å². The predicted molar refractivity (Wildman–Crippen MR) is 151 cm³/mol. The fourth-order valence-electron chi connectivity index (χ4n) is 5.05.